The van der Waals surface area contributed by atoms with Crippen LogP contribution in [0.1, 0.15) is 22.8 Å². The SMILES string of the molecule is Cc1ccc2nc(-c3nnc(CCn4nc(C(F)(F)F)cc4C)o3)ccc2c1. The van der Waals surface area contributed by atoms with E-state index in [2.05, 4.69) is 20.3 Å². The summed E-state index contributed by atoms with van der Waals surface area (Å²) in [6.45, 7) is 3.78. The Labute approximate surface area is 158 Å². The molecular weight excluding hydrogens is 371 g/mol. The van der Waals surface area contributed by atoms with Crippen molar-refractivity contribution in [2.24, 2.45) is 0 Å². The van der Waals surface area contributed by atoms with Gasteiger partial charge in [-0.1, -0.05) is 17.7 Å². The van der Waals surface area contributed by atoms with Gasteiger partial charge in [0.1, 0.15) is 5.69 Å². The maximum Gasteiger partial charge on any atom is 0.435 e. The molecule has 0 aliphatic rings. The van der Waals surface area contributed by atoms with E-state index in [4.69, 9.17) is 4.42 Å². The maximum atomic E-state index is 12.7. The molecule has 1 aromatic carbocycles. The molecule has 0 aliphatic heterocycles. The number of aromatic nitrogens is 5. The van der Waals surface area contributed by atoms with Gasteiger partial charge in [-0.25, -0.2) is 4.98 Å². The lowest BCUT2D eigenvalue weighted by atomic mass is 10.1. The van der Waals surface area contributed by atoms with Gasteiger partial charge in [0, 0.05) is 24.0 Å². The Hall–Kier alpha value is -3.23. The van der Waals surface area contributed by atoms with E-state index < -0.39 is 11.9 Å². The van der Waals surface area contributed by atoms with Gasteiger partial charge >= 0.3 is 6.18 Å². The third kappa shape index (κ3) is 3.60. The van der Waals surface area contributed by atoms with Crippen LogP contribution in [0, 0.1) is 13.8 Å². The Kier molecular flexibility index (Phi) is 4.37. The van der Waals surface area contributed by atoms with Gasteiger partial charge in [0.15, 0.2) is 5.69 Å². The van der Waals surface area contributed by atoms with Gasteiger partial charge in [0.2, 0.25) is 5.89 Å². The first-order chi connectivity index (χ1) is 13.3. The van der Waals surface area contributed by atoms with E-state index in [9.17, 15) is 13.2 Å². The fourth-order valence-corrected chi connectivity index (χ4v) is 2.90. The van der Waals surface area contributed by atoms with Crippen LogP contribution >= 0.6 is 0 Å². The fraction of sp³-hybridized carbons (Fsp3) is 0.263. The average molecular weight is 387 g/mol. The normalized spacial score (nSPS) is 12.0. The summed E-state index contributed by atoms with van der Waals surface area (Å²) in [7, 11) is 0. The largest absolute Gasteiger partial charge is 0.435 e. The standard InChI is InChI=1S/C19H16F3N5O/c1-11-3-5-14-13(9-11)4-6-15(23-14)18-25-24-17(28-18)7-8-27-12(2)10-16(26-27)19(20,21)22/h3-6,9-10H,7-8H2,1-2H3. The monoisotopic (exact) mass is 387 g/mol. The number of pyridine rings is 1. The Balaban J connectivity index is 1.51. The number of hydrogen-bond acceptors (Lipinski definition) is 5. The molecule has 0 fully saturated rings. The average Bonchev–Trinajstić information content (AvgIpc) is 3.26. The highest BCUT2D eigenvalue weighted by molar-refractivity contribution is 5.81. The highest BCUT2D eigenvalue weighted by Crippen LogP contribution is 2.28. The first kappa shape index (κ1) is 18.1. The van der Waals surface area contributed by atoms with Gasteiger partial charge in [-0.3, -0.25) is 4.68 Å². The zero-order chi connectivity index (χ0) is 19.9. The number of halogens is 3. The van der Waals surface area contributed by atoms with Crippen LogP contribution in [0.15, 0.2) is 40.8 Å². The number of benzene rings is 1. The second kappa shape index (κ2) is 6.74. The maximum absolute atomic E-state index is 12.7. The van der Waals surface area contributed by atoms with Gasteiger partial charge < -0.3 is 4.42 Å². The molecular formula is C19H16F3N5O. The minimum Gasteiger partial charge on any atom is -0.419 e. The highest BCUT2D eigenvalue weighted by atomic mass is 19.4. The van der Waals surface area contributed by atoms with Crippen LogP contribution in [0.4, 0.5) is 13.2 Å². The van der Waals surface area contributed by atoms with Crippen molar-refractivity contribution in [1.29, 1.82) is 0 Å². The number of hydrogen-bond donors (Lipinski definition) is 0. The van der Waals surface area contributed by atoms with Crippen molar-refractivity contribution in [3.63, 3.8) is 0 Å². The zero-order valence-corrected chi connectivity index (χ0v) is 15.2. The number of aryl methyl sites for hydroxylation is 4. The number of alkyl halides is 3. The van der Waals surface area contributed by atoms with Gasteiger partial charge in [0.05, 0.1) is 5.52 Å². The van der Waals surface area contributed by atoms with Crippen molar-refractivity contribution in [1.82, 2.24) is 25.0 Å². The molecule has 3 aromatic heterocycles. The Morgan fingerprint density at radius 1 is 1.04 bits per heavy atom. The van der Waals surface area contributed by atoms with E-state index in [1.807, 2.05) is 31.2 Å². The van der Waals surface area contributed by atoms with Crippen LogP contribution in [0.3, 0.4) is 0 Å². The molecule has 0 aliphatic carbocycles. The summed E-state index contributed by atoms with van der Waals surface area (Å²) in [6, 6.07) is 10.7. The quantitative estimate of drug-likeness (QED) is 0.520. The molecule has 0 saturated carbocycles. The lowest BCUT2D eigenvalue weighted by Crippen LogP contribution is -2.09. The van der Waals surface area contributed by atoms with E-state index in [0.717, 1.165) is 22.5 Å². The second-order valence-corrected chi connectivity index (χ2v) is 6.54. The number of nitrogens with zero attached hydrogens (tertiary/aromatic N) is 5. The minimum atomic E-state index is -4.46. The molecule has 3 heterocycles. The molecule has 0 atom stereocenters. The van der Waals surface area contributed by atoms with E-state index in [0.29, 0.717) is 17.3 Å². The summed E-state index contributed by atoms with van der Waals surface area (Å²) in [5, 5.41) is 12.6. The fourth-order valence-electron chi connectivity index (χ4n) is 2.90. The summed E-state index contributed by atoms with van der Waals surface area (Å²) < 4.78 is 45.1. The minimum absolute atomic E-state index is 0.202. The molecule has 144 valence electrons. The molecule has 28 heavy (non-hydrogen) atoms. The van der Waals surface area contributed by atoms with Crippen LogP contribution in [0.2, 0.25) is 0 Å². The second-order valence-electron chi connectivity index (χ2n) is 6.54. The molecule has 0 spiro atoms. The topological polar surface area (TPSA) is 69.6 Å². The summed E-state index contributed by atoms with van der Waals surface area (Å²) >= 11 is 0. The molecule has 0 bridgehead atoms. The zero-order valence-electron chi connectivity index (χ0n) is 15.2. The van der Waals surface area contributed by atoms with E-state index in [1.165, 1.54) is 4.68 Å². The Morgan fingerprint density at radius 2 is 1.86 bits per heavy atom. The van der Waals surface area contributed by atoms with E-state index in [1.54, 1.807) is 13.0 Å². The van der Waals surface area contributed by atoms with Crippen molar-refractivity contribution in [2.75, 3.05) is 0 Å². The molecule has 0 unspecified atom stereocenters. The summed E-state index contributed by atoms with van der Waals surface area (Å²) in [4.78, 5) is 4.52. The predicted octanol–water partition coefficient (Wildman–Crippen LogP) is 4.36. The molecule has 4 rings (SSSR count). The van der Waals surface area contributed by atoms with Crippen LogP contribution in [-0.2, 0) is 19.1 Å². The molecule has 0 amide bonds. The molecule has 0 N–H and O–H groups in total. The Bertz CT molecular complexity index is 1150. The first-order valence-electron chi connectivity index (χ1n) is 8.61. The van der Waals surface area contributed by atoms with Crippen LogP contribution < -0.4 is 0 Å². The van der Waals surface area contributed by atoms with Crippen molar-refractivity contribution in [2.45, 2.75) is 33.0 Å². The highest BCUT2D eigenvalue weighted by Gasteiger charge is 2.34. The number of rotatable bonds is 4. The Morgan fingerprint density at radius 3 is 2.61 bits per heavy atom. The third-order valence-electron chi connectivity index (χ3n) is 4.34. The van der Waals surface area contributed by atoms with E-state index >= 15 is 0 Å². The molecule has 0 radical (unpaired) electrons. The van der Waals surface area contributed by atoms with Crippen LogP contribution in [-0.4, -0.2) is 25.0 Å². The smallest absolute Gasteiger partial charge is 0.419 e. The summed E-state index contributed by atoms with van der Waals surface area (Å²) in [5.74, 6) is 0.579. The third-order valence-corrected chi connectivity index (χ3v) is 4.34. The predicted molar refractivity (Wildman–Crippen MR) is 95.4 cm³/mol. The van der Waals surface area contributed by atoms with Gasteiger partial charge in [0.25, 0.3) is 5.89 Å². The van der Waals surface area contributed by atoms with Crippen molar-refractivity contribution >= 4 is 10.9 Å². The first-order valence-corrected chi connectivity index (χ1v) is 8.61. The lowest BCUT2D eigenvalue weighted by molar-refractivity contribution is -0.141. The lowest BCUT2D eigenvalue weighted by Gasteiger charge is -2.02. The molecule has 9 heteroatoms. The molecule has 6 nitrogen and oxygen atoms in total. The van der Waals surface area contributed by atoms with Crippen LogP contribution in [0.25, 0.3) is 22.5 Å². The van der Waals surface area contributed by atoms with Crippen molar-refractivity contribution in [3.8, 4) is 11.6 Å². The number of fused-ring (bicyclic) bond motifs is 1. The molecule has 0 saturated heterocycles. The van der Waals surface area contributed by atoms with Crippen molar-refractivity contribution in [3.05, 3.63) is 59.2 Å². The molecule has 4 aromatic rings. The van der Waals surface area contributed by atoms with Crippen LogP contribution in [0.5, 0.6) is 0 Å². The van der Waals surface area contributed by atoms with Gasteiger partial charge in [-0.15, -0.1) is 10.2 Å². The van der Waals surface area contributed by atoms with Gasteiger partial charge in [-0.2, -0.15) is 18.3 Å². The summed E-state index contributed by atoms with van der Waals surface area (Å²) in [5.41, 5.74) is 2.01. The summed E-state index contributed by atoms with van der Waals surface area (Å²) in [6.07, 6.45) is -4.20. The van der Waals surface area contributed by atoms with E-state index in [-0.39, 0.29) is 18.9 Å². The van der Waals surface area contributed by atoms with Gasteiger partial charge in [-0.05, 0) is 38.1 Å². The van der Waals surface area contributed by atoms with Crippen molar-refractivity contribution < 1.29 is 17.6 Å².